The lowest BCUT2D eigenvalue weighted by molar-refractivity contribution is 0.110. The highest BCUT2D eigenvalue weighted by Crippen LogP contribution is 2.31. The third-order valence-corrected chi connectivity index (χ3v) is 3.23. The van der Waals surface area contributed by atoms with E-state index in [4.69, 9.17) is 32.7 Å². The second-order valence-corrected chi connectivity index (χ2v) is 5.00. The van der Waals surface area contributed by atoms with Crippen LogP contribution in [0.25, 0.3) is 0 Å². The standard InChI is InChI=1S/C13H19Cl2NO3/c1-18-5-3-16(4-6-19-2)9-10-7-11(14)8-12(15)13(10)17/h7-8,17H,3-6,9H2,1-2H3. The molecule has 0 atom stereocenters. The molecule has 0 aliphatic carbocycles. The molecule has 0 aromatic heterocycles. The Morgan fingerprint density at radius 1 is 1.11 bits per heavy atom. The Morgan fingerprint density at radius 2 is 1.68 bits per heavy atom. The summed E-state index contributed by atoms with van der Waals surface area (Å²) < 4.78 is 10.1. The molecule has 4 nitrogen and oxygen atoms in total. The molecular formula is C13H19Cl2NO3. The van der Waals surface area contributed by atoms with Crippen molar-refractivity contribution < 1.29 is 14.6 Å². The summed E-state index contributed by atoms with van der Waals surface area (Å²) in [6, 6.07) is 3.24. The molecule has 0 saturated carbocycles. The van der Waals surface area contributed by atoms with Gasteiger partial charge < -0.3 is 14.6 Å². The Kier molecular flexibility index (Phi) is 7.49. The van der Waals surface area contributed by atoms with Gasteiger partial charge in [0.1, 0.15) is 5.75 Å². The van der Waals surface area contributed by atoms with Gasteiger partial charge in [0.05, 0.1) is 18.2 Å². The highest BCUT2D eigenvalue weighted by Gasteiger charge is 2.12. The Hall–Kier alpha value is -0.520. The quantitative estimate of drug-likeness (QED) is 0.802. The molecule has 0 unspecified atom stereocenters. The monoisotopic (exact) mass is 307 g/mol. The third-order valence-electron chi connectivity index (χ3n) is 2.72. The number of rotatable bonds is 8. The molecule has 0 aliphatic rings. The first-order chi connectivity index (χ1) is 9.08. The minimum Gasteiger partial charge on any atom is -0.506 e. The minimum atomic E-state index is 0.0749. The van der Waals surface area contributed by atoms with Gasteiger partial charge in [0.25, 0.3) is 0 Å². The summed E-state index contributed by atoms with van der Waals surface area (Å²) in [5.41, 5.74) is 0.699. The van der Waals surface area contributed by atoms with E-state index in [9.17, 15) is 5.11 Å². The van der Waals surface area contributed by atoms with Crippen LogP contribution < -0.4 is 0 Å². The zero-order valence-corrected chi connectivity index (χ0v) is 12.7. The molecule has 108 valence electrons. The molecule has 0 saturated heterocycles. The highest BCUT2D eigenvalue weighted by molar-refractivity contribution is 6.35. The van der Waals surface area contributed by atoms with Gasteiger partial charge in [-0.3, -0.25) is 4.90 Å². The molecule has 0 amide bonds. The van der Waals surface area contributed by atoms with Crippen molar-refractivity contribution in [1.29, 1.82) is 0 Å². The summed E-state index contributed by atoms with van der Waals surface area (Å²) in [7, 11) is 3.31. The number of hydrogen-bond acceptors (Lipinski definition) is 4. The molecule has 0 radical (unpaired) electrons. The van der Waals surface area contributed by atoms with Gasteiger partial charge in [-0.05, 0) is 12.1 Å². The van der Waals surface area contributed by atoms with Crippen LogP contribution in [-0.2, 0) is 16.0 Å². The number of ether oxygens (including phenoxy) is 2. The number of phenolic OH excluding ortho intramolecular Hbond substituents is 1. The zero-order chi connectivity index (χ0) is 14.3. The van der Waals surface area contributed by atoms with Crippen molar-refractivity contribution in [3.63, 3.8) is 0 Å². The van der Waals surface area contributed by atoms with Crippen LogP contribution in [0.2, 0.25) is 10.0 Å². The van der Waals surface area contributed by atoms with E-state index in [1.54, 1.807) is 20.3 Å². The predicted octanol–water partition coefficient (Wildman–Crippen LogP) is 2.79. The Bertz CT molecular complexity index is 394. The molecule has 19 heavy (non-hydrogen) atoms. The van der Waals surface area contributed by atoms with Crippen molar-refractivity contribution in [1.82, 2.24) is 4.90 Å². The van der Waals surface area contributed by atoms with Gasteiger partial charge in [-0.1, -0.05) is 23.2 Å². The molecule has 1 rings (SSSR count). The maximum absolute atomic E-state index is 9.94. The van der Waals surface area contributed by atoms with Crippen molar-refractivity contribution in [2.45, 2.75) is 6.54 Å². The number of nitrogens with zero attached hydrogens (tertiary/aromatic N) is 1. The van der Waals surface area contributed by atoms with Crippen molar-refractivity contribution in [2.75, 3.05) is 40.5 Å². The molecule has 6 heteroatoms. The molecule has 1 aromatic carbocycles. The maximum atomic E-state index is 9.94. The summed E-state index contributed by atoms with van der Waals surface area (Å²) in [6.07, 6.45) is 0. The van der Waals surface area contributed by atoms with Crippen molar-refractivity contribution >= 4 is 23.2 Å². The van der Waals surface area contributed by atoms with Gasteiger partial charge in [-0.15, -0.1) is 0 Å². The first-order valence-electron chi connectivity index (χ1n) is 5.95. The largest absolute Gasteiger partial charge is 0.506 e. The smallest absolute Gasteiger partial charge is 0.138 e. The molecular weight excluding hydrogens is 289 g/mol. The lowest BCUT2D eigenvalue weighted by atomic mass is 10.2. The van der Waals surface area contributed by atoms with E-state index in [0.717, 1.165) is 13.1 Å². The normalized spacial score (nSPS) is 11.2. The van der Waals surface area contributed by atoms with Crippen molar-refractivity contribution in [3.8, 4) is 5.75 Å². The number of halogens is 2. The van der Waals surface area contributed by atoms with Crippen LogP contribution in [0, 0.1) is 0 Å². The third kappa shape index (κ3) is 5.55. The number of aromatic hydroxyl groups is 1. The van der Waals surface area contributed by atoms with E-state index in [0.29, 0.717) is 30.3 Å². The van der Waals surface area contributed by atoms with Crippen LogP contribution in [0.3, 0.4) is 0 Å². The Balaban J connectivity index is 2.76. The summed E-state index contributed by atoms with van der Waals surface area (Å²) >= 11 is 11.9. The first kappa shape index (κ1) is 16.5. The van der Waals surface area contributed by atoms with Crippen LogP contribution in [0.1, 0.15) is 5.56 Å². The first-order valence-corrected chi connectivity index (χ1v) is 6.71. The maximum Gasteiger partial charge on any atom is 0.138 e. The van der Waals surface area contributed by atoms with Gasteiger partial charge in [-0.25, -0.2) is 0 Å². The molecule has 1 N–H and O–H groups in total. The molecule has 0 aliphatic heterocycles. The van der Waals surface area contributed by atoms with E-state index in [-0.39, 0.29) is 10.8 Å². The van der Waals surface area contributed by atoms with Gasteiger partial charge in [0.15, 0.2) is 0 Å². The summed E-state index contributed by atoms with van der Waals surface area (Å²) in [4.78, 5) is 2.11. The van der Waals surface area contributed by atoms with E-state index in [1.165, 1.54) is 6.07 Å². The Labute approximate surface area is 123 Å². The average Bonchev–Trinajstić information content (AvgIpc) is 2.38. The zero-order valence-electron chi connectivity index (χ0n) is 11.2. The lowest BCUT2D eigenvalue weighted by Gasteiger charge is -2.22. The summed E-state index contributed by atoms with van der Waals surface area (Å²) in [5.74, 6) is 0.0749. The van der Waals surface area contributed by atoms with E-state index < -0.39 is 0 Å². The minimum absolute atomic E-state index is 0.0749. The SMILES string of the molecule is COCCN(CCOC)Cc1cc(Cl)cc(Cl)c1O. The fourth-order valence-corrected chi connectivity index (χ4v) is 2.23. The van der Waals surface area contributed by atoms with E-state index >= 15 is 0 Å². The van der Waals surface area contributed by atoms with E-state index in [1.807, 2.05) is 0 Å². The Morgan fingerprint density at radius 3 is 2.21 bits per heavy atom. The highest BCUT2D eigenvalue weighted by atomic mass is 35.5. The lowest BCUT2D eigenvalue weighted by Crippen LogP contribution is -2.30. The molecule has 0 heterocycles. The van der Waals surface area contributed by atoms with Crippen LogP contribution in [0.4, 0.5) is 0 Å². The fourth-order valence-electron chi connectivity index (χ4n) is 1.69. The van der Waals surface area contributed by atoms with Gasteiger partial charge in [0.2, 0.25) is 0 Å². The van der Waals surface area contributed by atoms with Gasteiger partial charge in [0, 0.05) is 44.4 Å². The van der Waals surface area contributed by atoms with Crippen LogP contribution >= 0.6 is 23.2 Å². The molecule has 0 bridgehead atoms. The molecule has 1 aromatic rings. The second-order valence-electron chi connectivity index (χ2n) is 4.16. The number of phenols is 1. The predicted molar refractivity (Wildman–Crippen MR) is 77.2 cm³/mol. The van der Waals surface area contributed by atoms with Crippen LogP contribution in [-0.4, -0.2) is 50.5 Å². The summed E-state index contributed by atoms with van der Waals surface area (Å²) in [5, 5.41) is 10.7. The second kappa shape index (κ2) is 8.61. The molecule has 0 spiro atoms. The van der Waals surface area contributed by atoms with Gasteiger partial charge in [-0.2, -0.15) is 0 Å². The molecule has 0 fully saturated rings. The average molecular weight is 308 g/mol. The fraction of sp³-hybridized carbons (Fsp3) is 0.538. The van der Waals surface area contributed by atoms with Crippen LogP contribution in [0.15, 0.2) is 12.1 Å². The van der Waals surface area contributed by atoms with Gasteiger partial charge >= 0.3 is 0 Å². The van der Waals surface area contributed by atoms with Crippen molar-refractivity contribution in [2.24, 2.45) is 0 Å². The number of methoxy groups -OCH3 is 2. The number of benzene rings is 1. The van der Waals surface area contributed by atoms with E-state index in [2.05, 4.69) is 4.90 Å². The van der Waals surface area contributed by atoms with Crippen molar-refractivity contribution in [3.05, 3.63) is 27.7 Å². The topological polar surface area (TPSA) is 41.9 Å². The number of hydrogen-bond donors (Lipinski definition) is 1. The summed E-state index contributed by atoms with van der Waals surface area (Å²) in [6.45, 7) is 3.24. The van der Waals surface area contributed by atoms with Crippen LogP contribution in [0.5, 0.6) is 5.75 Å².